The van der Waals surface area contributed by atoms with E-state index in [1.54, 1.807) is 51.1 Å². The molecule has 0 aliphatic heterocycles. The van der Waals surface area contributed by atoms with E-state index in [-0.39, 0.29) is 24.5 Å². The second-order valence-corrected chi connectivity index (χ2v) is 9.60. The molecule has 2 rings (SSSR count). The molecule has 0 fully saturated rings. The number of benzene rings is 2. The number of amides is 3. The quantitative estimate of drug-likeness (QED) is 0.135. The molecule has 13 heteroatoms. The summed E-state index contributed by atoms with van der Waals surface area (Å²) in [5, 5.41) is 7.18. The molecule has 3 amide bonds. The summed E-state index contributed by atoms with van der Waals surface area (Å²) in [6.45, 7) is 7.39. The number of carbonyl (C=O) groups excluding carboxylic acids is 5. The lowest BCUT2D eigenvalue weighted by molar-refractivity contribution is -0.144. The van der Waals surface area contributed by atoms with Crippen molar-refractivity contribution < 1.29 is 47.7 Å². The molecule has 0 radical (unpaired) electrons. The fourth-order valence-electron chi connectivity index (χ4n) is 3.18. The van der Waals surface area contributed by atoms with E-state index in [9.17, 15) is 24.0 Å². The van der Waals surface area contributed by atoms with Crippen LogP contribution in [-0.4, -0.2) is 68.5 Å². The van der Waals surface area contributed by atoms with Gasteiger partial charge in [-0.15, -0.1) is 0 Å². The summed E-state index contributed by atoms with van der Waals surface area (Å²) in [6, 6.07) is 11.6. The van der Waals surface area contributed by atoms with Crippen LogP contribution in [-0.2, 0) is 30.3 Å². The summed E-state index contributed by atoms with van der Waals surface area (Å²) in [7, 11) is 1.20. The predicted octanol–water partition coefficient (Wildman–Crippen LogP) is 3.98. The first kappa shape index (κ1) is 33.1. The number of rotatable bonds is 13. The molecule has 0 aromatic heterocycles. The second-order valence-electron chi connectivity index (χ2n) is 9.60. The molecule has 1 unspecified atom stereocenters. The Morgan fingerprint density at radius 2 is 1.67 bits per heavy atom. The molecule has 13 nitrogen and oxygen atoms in total. The Morgan fingerprint density at radius 3 is 2.31 bits per heavy atom. The van der Waals surface area contributed by atoms with Crippen molar-refractivity contribution in [1.82, 2.24) is 10.6 Å². The topological polar surface area (TPSA) is 168 Å². The van der Waals surface area contributed by atoms with Gasteiger partial charge in [0.25, 0.3) is 0 Å². The molecule has 2 aromatic carbocycles. The van der Waals surface area contributed by atoms with Gasteiger partial charge in [0.2, 0.25) is 5.78 Å². The third-order valence-corrected chi connectivity index (χ3v) is 5.05. The van der Waals surface area contributed by atoms with E-state index in [4.69, 9.17) is 18.9 Å². The zero-order valence-corrected chi connectivity index (χ0v) is 23.9. The van der Waals surface area contributed by atoms with E-state index < -0.39 is 54.8 Å². The smallest absolute Gasteiger partial charge is 0.411 e. The highest BCUT2D eigenvalue weighted by atomic mass is 16.6. The summed E-state index contributed by atoms with van der Waals surface area (Å²) >= 11 is 0. The van der Waals surface area contributed by atoms with Gasteiger partial charge in [0.15, 0.2) is 6.61 Å². The summed E-state index contributed by atoms with van der Waals surface area (Å²) < 4.78 is 25.6. The van der Waals surface area contributed by atoms with Crippen molar-refractivity contribution in [2.45, 2.75) is 39.0 Å². The molecule has 2 aromatic rings. The Balaban J connectivity index is 2.10. The molecular formula is C29H35N3O10. The molecule has 226 valence electrons. The number of ether oxygens (including phenoxy) is 5. The molecule has 0 saturated heterocycles. The van der Waals surface area contributed by atoms with E-state index in [2.05, 4.69) is 27.3 Å². The van der Waals surface area contributed by atoms with Crippen molar-refractivity contribution in [1.29, 1.82) is 0 Å². The van der Waals surface area contributed by atoms with Crippen LogP contribution in [0.15, 0.2) is 61.2 Å². The number of carbonyl (C=O) groups is 5. The molecular weight excluding hydrogens is 550 g/mol. The van der Waals surface area contributed by atoms with Gasteiger partial charge < -0.3 is 34.3 Å². The number of esters is 1. The number of anilines is 1. The minimum atomic E-state index is -1.42. The number of alkyl carbamates (subject to hydrolysis) is 2. The highest BCUT2D eigenvalue weighted by Crippen LogP contribution is 2.24. The molecule has 42 heavy (non-hydrogen) atoms. The standard InChI is InChI=1S/C29H35N3O10/c1-6-14-39-24-15-20(31-27(36)38-5)12-13-21(24)23(33)18-40-25(34)22(16-30-26(35)42-29(2,3)4)32-28(37)41-17-19-10-8-7-9-11-19/h6-13,15,22H,1,14,16-18H2,2-5H3,(H,30,35)(H,31,36)(H,32,37). The average molecular weight is 586 g/mol. The zero-order chi connectivity index (χ0) is 31.1. The Hall–Kier alpha value is -5.07. The molecule has 1 atom stereocenters. The van der Waals surface area contributed by atoms with E-state index in [0.717, 1.165) is 0 Å². The maximum atomic E-state index is 13.0. The number of Topliss-reactive ketones (excluding diaryl/α,β-unsaturated/α-hetero) is 1. The summed E-state index contributed by atoms with van der Waals surface area (Å²) in [6.07, 6.45) is -1.05. The van der Waals surface area contributed by atoms with Crippen LogP contribution in [0.3, 0.4) is 0 Å². The van der Waals surface area contributed by atoms with Gasteiger partial charge in [-0.3, -0.25) is 10.1 Å². The van der Waals surface area contributed by atoms with Crippen molar-refractivity contribution in [3.63, 3.8) is 0 Å². The molecule has 0 saturated carbocycles. The molecule has 0 aliphatic rings. The van der Waals surface area contributed by atoms with Gasteiger partial charge in [0, 0.05) is 11.8 Å². The number of nitrogens with one attached hydrogen (secondary N) is 3. The van der Waals surface area contributed by atoms with Crippen molar-refractivity contribution in [2.75, 3.05) is 32.2 Å². The number of hydrogen-bond acceptors (Lipinski definition) is 10. The predicted molar refractivity (Wildman–Crippen MR) is 151 cm³/mol. The third-order valence-electron chi connectivity index (χ3n) is 5.05. The van der Waals surface area contributed by atoms with Crippen LogP contribution in [0.5, 0.6) is 5.75 Å². The maximum Gasteiger partial charge on any atom is 0.411 e. The van der Waals surface area contributed by atoms with Crippen molar-refractivity contribution in [3.05, 3.63) is 72.3 Å². The van der Waals surface area contributed by atoms with Crippen LogP contribution in [0, 0.1) is 0 Å². The minimum absolute atomic E-state index is 0.0508. The van der Waals surface area contributed by atoms with E-state index in [1.807, 2.05) is 0 Å². The Morgan fingerprint density at radius 1 is 0.952 bits per heavy atom. The van der Waals surface area contributed by atoms with Crippen molar-refractivity contribution in [3.8, 4) is 5.75 Å². The lowest BCUT2D eigenvalue weighted by Gasteiger charge is -2.22. The van der Waals surface area contributed by atoms with Gasteiger partial charge in [0.1, 0.15) is 30.6 Å². The fourth-order valence-corrected chi connectivity index (χ4v) is 3.18. The number of hydrogen-bond donors (Lipinski definition) is 3. The highest BCUT2D eigenvalue weighted by molar-refractivity contribution is 6.01. The molecule has 3 N–H and O–H groups in total. The lowest BCUT2D eigenvalue weighted by Crippen LogP contribution is -2.50. The zero-order valence-electron chi connectivity index (χ0n) is 23.9. The molecule has 0 bridgehead atoms. The fraction of sp³-hybridized carbons (Fsp3) is 0.345. The maximum absolute atomic E-state index is 13.0. The van der Waals surface area contributed by atoms with Gasteiger partial charge in [-0.1, -0.05) is 43.0 Å². The average Bonchev–Trinajstić information content (AvgIpc) is 2.95. The Kier molecular flexibility index (Phi) is 12.8. The highest BCUT2D eigenvalue weighted by Gasteiger charge is 2.27. The second kappa shape index (κ2) is 16.3. The first-order chi connectivity index (χ1) is 19.9. The number of ketones is 1. The van der Waals surface area contributed by atoms with E-state index in [0.29, 0.717) is 11.3 Å². The molecule has 0 aliphatic carbocycles. The van der Waals surface area contributed by atoms with Gasteiger partial charge in [0.05, 0.1) is 19.2 Å². The van der Waals surface area contributed by atoms with E-state index in [1.165, 1.54) is 31.4 Å². The molecule has 0 heterocycles. The summed E-state index contributed by atoms with van der Waals surface area (Å²) in [5.41, 5.74) is 0.258. The van der Waals surface area contributed by atoms with Crippen molar-refractivity contribution >= 4 is 35.7 Å². The Labute approximate surface area is 243 Å². The van der Waals surface area contributed by atoms with Crippen LogP contribution in [0.2, 0.25) is 0 Å². The summed E-state index contributed by atoms with van der Waals surface area (Å²) in [5.74, 6) is -1.57. The van der Waals surface area contributed by atoms with Crippen LogP contribution in [0.25, 0.3) is 0 Å². The van der Waals surface area contributed by atoms with E-state index >= 15 is 0 Å². The first-order valence-corrected chi connectivity index (χ1v) is 12.8. The van der Waals surface area contributed by atoms with Crippen LogP contribution < -0.4 is 20.7 Å². The largest absolute Gasteiger partial charge is 0.489 e. The number of methoxy groups -OCH3 is 1. The van der Waals surface area contributed by atoms with Crippen LogP contribution in [0.1, 0.15) is 36.7 Å². The van der Waals surface area contributed by atoms with Crippen LogP contribution >= 0.6 is 0 Å². The van der Waals surface area contributed by atoms with Gasteiger partial charge in [-0.05, 0) is 38.5 Å². The lowest BCUT2D eigenvalue weighted by atomic mass is 10.1. The van der Waals surface area contributed by atoms with Gasteiger partial charge in [-0.2, -0.15) is 0 Å². The monoisotopic (exact) mass is 585 g/mol. The minimum Gasteiger partial charge on any atom is -0.489 e. The normalized spacial score (nSPS) is 11.2. The Bertz CT molecular complexity index is 1260. The SMILES string of the molecule is C=CCOc1cc(NC(=O)OC)ccc1C(=O)COC(=O)C(CNC(=O)OC(C)(C)C)NC(=O)OCc1ccccc1. The molecule has 0 spiro atoms. The van der Waals surface area contributed by atoms with Gasteiger partial charge in [-0.25, -0.2) is 19.2 Å². The third kappa shape index (κ3) is 12.0. The van der Waals surface area contributed by atoms with Crippen LogP contribution in [0.4, 0.5) is 20.1 Å². The first-order valence-electron chi connectivity index (χ1n) is 12.8. The van der Waals surface area contributed by atoms with Gasteiger partial charge >= 0.3 is 24.2 Å². The summed E-state index contributed by atoms with van der Waals surface area (Å²) in [4.78, 5) is 62.0. The van der Waals surface area contributed by atoms with Crippen molar-refractivity contribution in [2.24, 2.45) is 0 Å².